The van der Waals surface area contributed by atoms with Crippen LogP contribution in [0.1, 0.15) is 20.9 Å². The molecule has 0 fully saturated rings. The molecule has 0 aromatic carbocycles. The number of aromatic nitrogens is 3. The smallest absolute Gasteiger partial charge is 0.263 e. The van der Waals surface area contributed by atoms with Gasteiger partial charge in [-0.15, -0.1) is 11.3 Å². The molecular weight excluding hydrogens is 286 g/mol. The Hall–Kier alpha value is -2.54. The van der Waals surface area contributed by atoms with Gasteiger partial charge in [0, 0.05) is 17.8 Å². The molecule has 0 saturated carbocycles. The van der Waals surface area contributed by atoms with Gasteiger partial charge >= 0.3 is 0 Å². The average Bonchev–Trinajstić information content (AvgIpc) is 2.84. The van der Waals surface area contributed by atoms with E-state index >= 15 is 0 Å². The van der Waals surface area contributed by atoms with Crippen LogP contribution in [0.5, 0.6) is 0 Å². The number of hydrogen-bond donors (Lipinski definition) is 2. The minimum atomic E-state index is -0.222. The first-order valence-corrected chi connectivity index (χ1v) is 7.17. The predicted molar refractivity (Wildman–Crippen MR) is 82.0 cm³/mol. The molecule has 0 bridgehead atoms. The molecule has 0 spiro atoms. The average molecular weight is 299 g/mol. The first-order valence-electron chi connectivity index (χ1n) is 6.35. The number of pyridine rings is 1. The molecular formula is C14H13N5OS. The van der Waals surface area contributed by atoms with Gasteiger partial charge in [0.2, 0.25) is 0 Å². The number of anilines is 1. The molecule has 3 aromatic heterocycles. The molecule has 0 saturated heterocycles. The second kappa shape index (κ2) is 5.45. The van der Waals surface area contributed by atoms with Crippen LogP contribution in [0.25, 0.3) is 10.2 Å². The van der Waals surface area contributed by atoms with E-state index in [9.17, 15) is 4.79 Å². The molecule has 7 heteroatoms. The Bertz CT molecular complexity index is 800. The van der Waals surface area contributed by atoms with Crippen molar-refractivity contribution < 1.29 is 4.79 Å². The molecule has 21 heavy (non-hydrogen) atoms. The number of aryl methyl sites for hydroxylation is 1. The highest BCUT2D eigenvalue weighted by Crippen LogP contribution is 2.34. The Morgan fingerprint density at radius 2 is 2.24 bits per heavy atom. The fourth-order valence-corrected chi connectivity index (χ4v) is 3.11. The third kappa shape index (κ3) is 2.55. The van der Waals surface area contributed by atoms with Gasteiger partial charge in [0.05, 0.1) is 17.9 Å². The molecule has 3 aromatic rings. The van der Waals surface area contributed by atoms with Gasteiger partial charge in [-0.25, -0.2) is 4.98 Å². The Morgan fingerprint density at radius 3 is 2.95 bits per heavy atom. The van der Waals surface area contributed by atoms with Gasteiger partial charge < -0.3 is 11.1 Å². The highest BCUT2D eigenvalue weighted by atomic mass is 32.1. The van der Waals surface area contributed by atoms with Gasteiger partial charge in [0.25, 0.3) is 5.91 Å². The Morgan fingerprint density at radius 1 is 1.38 bits per heavy atom. The van der Waals surface area contributed by atoms with Crippen LogP contribution in [-0.2, 0) is 6.54 Å². The van der Waals surface area contributed by atoms with Crippen LogP contribution in [-0.4, -0.2) is 21.1 Å². The van der Waals surface area contributed by atoms with Gasteiger partial charge in [-0.2, -0.15) is 10.2 Å². The number of hydrogen-bond acceptors (Lipinski definition) is 6. The molecule has 3 heterocycles. The van der Waals surface area contributed by atoms with E-state index in [1.165, 1.54) is 11.3 Å². The second-order valence-corrected chi connectivity index (χ2v) is 5.55. The fraction of sp³-hybridized carbons (Fsp3) is 0.143. The van der Waals surface area contributed by atoms with Crippen LogP contribution in [0.4, 0.5) is 5.69 Å². The van der Waals surface area contributed by atoms with Gasteiger partial charge in [-0.3, -0.25) is 4.79 Å². The number of nitrogens with one attached hydrogen (secondary N) is 1. The van der Waals surface area contributed by atoms with Crippen molar-refractivity contribution >= 4 is 33.1 Å². The summed E-state index contributed by atoms with van der Waals surface area (Å²) in [7, 11) is 0. The van der Waals surface area contributed by atoms with Crippen molar-refractivity contribution in [2.75, 3.05) is 5.73 Å². The Kier molecular flexibility index (Phi) is 3.49. The summed E-state index contributed by atoms with van der Waals surface area (Å²) < 4.78 is 0. The first kappa shape index (κ1) is 13.4. The minimum absolute atomic E-state index is 0.222. The first-order chi connectivity index (χ1) is 10.2. The lowest BCUT2D eigenvalue weighted by Gasteiger charge is -2.03. The normalized spacial score (nSPS) is 10.7. The molecule has 6 nitrogen and oxygen atoms in total. The molecule has 3 N–H and O–H groups in total. The lowest BCUT2D eigenvalue weighted by atomic mass is 10.2. The van der Waals surface area contributed by atoms with Gasteiger partial charge in [0.1, 0.15) is 9.71 Å². The lowest BCUT2D eigenvalue weighted by molar-refractivity contribution is 0.0955. The maximum absolute atomic E-state index is 12.3. The van der Waals surface area contributed by atoms with Crippen LogP contribution in [0.15, 0.2) is 30.6 Å². The topological polar surface area (TPSA) is 93.8 Å². The van der Waals surface area contributed by atoms with Crippen LogP contribution in [0.2, 0.25) is 0 Å². The van der Waals surface area contributed by atoms with Gasteiger partial charge in [-0.1, -0.05) is 0 Å². The summed E-state index contributed by atoms with van der Waals surface area (Å²) in [6, 6.07) is 5.45. The monoisotopic (exact) mass is 299 g/mol. The largest absolute Gasteiger partial charge is 0.397 e. The zero-order chi connectivity index (χ0) is 14.8. The van der Waals surface area contributed by atoms with E-state index in [-0.39, 0.29) is 5.91 Å². The van der Waals surface area contributed by atoms with Crippen molar-refractivity contribution in [1.29, 1.82) is 0 Å². The zero-order valence-corrected chi connectivity index (χ0v) is 12.1. The van der Waals surface area contributed by atoms with Crippen LogP contribution < -0.4 is 11.1 Å². The van der Waals surface area contributed by atoms with E-state index in [0.29, 0.717) is 22.8 Å². The zero-order valence-electron chi connectivity index (χ0n) is 11.3. The van der Waals surface area contributed by atoms with Crippen molar-refractivity contribution in [2.45, 2.75) is 13.5 Å². The van der Waals surface area contributed by atoms with Crippen LogP contribution in [0.3, 0.4) is 0 Å². The summed E-state index contributed by atoms with van der Waals surface area (Å²) in [6.45, 7) is 2.26. The number of rotatable bonds is 3. The summed E-state index contributed by atoms with van der Waals surface area (Å²) in [5.41, 5.74) is 8.28. The number of amides is 1. The molecule has 0 aliphatic heterocycles. The van der Waals surface area contributed by atoms with Crippen molar-refractivity contribution in [3.05, 3.63) is 46.7 Å². The molecule has 0 aliphatic carbocycles. The van der Waals surface area contributed by atoms with Crippen LogP contribution in [0, 0.1) is 6.92 Å². The molecule has 0 aliphatic rings. The van der Waals surface area contributed by atoms with E-state index in [0.717, 1.165) is 15.8 Å². The van der Waals surface area contributed by atoms with E-state index in [1.54, 1.807) is 24.5 Å². The van der Waals surface area contributed by atoms with Gasteiger partial charge in [0.15, 0.2) is 0 Å². The van der Waals surface area contributed by atoms with E-state index in [2.05, 4.69) is 20.5 Å². The number of nitrogens with two attached hydrogens (primary N) is 1. The molecule has 0 unspecified atom stereocenters. The maximum Gasteiger partial charge on any atom is 0.263 e. The SMILES string of the molecule is Cc1ccnc2sc(C(=O)NCc3cccnn3)c(N)c12. The molecule has 1 amide bonds. The summed E-state index contributed by atoms with van der Waals surface area (Å²) in [5, 5.41) is 11.3. The number of fused-ring (bicyclic) bond motifs is 1. The highest BCUT2D eigenvalue weighted by Gasteiger charge is 2.18. The van der Waals surface area contributed by atoms with E-state index < -0.39 is 0 Å². The lowest BCUT2D eigenvalue weighted by Crippen LogP contribution is -2.23. The number of nitrogen functional groups attached to an aromatic ring is 1. The number of thiophene rings is 1. The Balaban J connectivity index is 1.85. The van der Waals surface area contributed by atoms with E-state index in [1.807, 2.05) is 13.0 Å². The standard InChI is InChI=1S/C14H13N5OS/c1-8-4-6-16-14-10(8)11(15)12(21-14)13(20)17-7-9-3-2-5-18-19-9/h2-6H,7,15H2,1H3,(H,17,20). The van der Waals surface area contributed by atoms with Crippen molar-refractivity contribution in [1.82, 2.24) is 20.5 Å². The quantitative estimate of drug-likeness (QED) is 0.770. The summed E-state index contributed by atoms with van der Waals surface area (Å²) >= 11 is 1.30. The van der Waals surface area contributed by atoms with Crippen molar-refractivity contribution in [3.8, 4) is 0 Å². The number of carbonyl (C=O) groups is 1. The summed E-state index contributed by atoms with van der Waals surface area (Å²) in [6.07, 6.45) is 3.30. The third-order valence-electron chi connectivity index (χ3n) is 3.10. The fourth-order valence-electron chi connectivity index (χ4n) is 2.05. The van der Waals surface area contributed by atoms with Crippen molar-refractivity contribution in [3.63, 3.8) is 0 Å². The maximum atomic E-state index is 12.3. The number of carbonyl (C=O) groups excluding carboxylic acids is 1. The summed E-state index contributed by atoms with van der Waals surface area (Å²) in [5.74, 6) is -0.222. The highest BCUT2D eigenvalue weighted by molar-refractivity contribution is 7.21. The summed E-state index contributed by atoms with van der Waals surface area (Å²) in [4.78, 5) is 17.8. The minimum Gasteiger partial charge on any atom is -0.397 e. The van der Waals surface area contributed by atoms with Gasteiger partial charge in [-0.05, 0) is 30.7 Å². The molecule has 0 radical (unpaired) electrons. The van der Waals surface area contributed by atoms with Crippen LogP contribution >= 0.6 is 11.3 Å². The molecule has 0 atom stereocenters. The molecule has 3 rings (SSSR count). The third-order valence-corrected chi connectivity index (χ3v) is 4.21. The number of nitrogens with zero attached hydrogens (tertiary/aromatic N) is 3. The van der Waals surface area contributed by atoms with Crippen molar-refractivity contribution in [2.24, 2.45) is 0 Å². The van der Waals surface area contributed by atoms with E-state index in [4.69, 9.17) is 5.73 Å². The molecule has 106 valence electrons. The second-order valence-electron chi connectivity index (χ2n) is 4.55. The predicted octanol–water partition coefficient (Wildman–Crippen LogP) is 1.91. The Labute approximate surface area is 125 Å².